The first-order chi connectivity index (χ1) is 11.4. The van der Waals surface area contributed by atoms with Gasteiger partial charge in [0.15, 0.2) is 17.3 Å². The van der Waals surface area contributed by atoms with E-state index >= 15 is 0 Å². The van der Waals surface area contributed by atoms with E-state index in [1.807, 2.05) is 13.1 Å². The Morgan fingerprint density at radius 2 is 2.17 bits per heavy atom. The lowest BCUT2D eigenvalue weighted by Gasteiger charge is -2.56. The van der Waals surface area contributed by atoms with E-state index in [4.69, 9.17) is 9.47 Å². The van der Waals surface area contributed by atoms with Crippen molar-refractivity contribution in [3.8, 4) is 11.5 Å². The average Bonchev–Trinajstić information content (AvgIpc) is 3.04. The third kappa shape index (κ3) is 1.21. The molecule has 5 rings (SSSR count). The molecular formula is C18H21NO5. The zero-order chi connectivity index (χ0) is 16.9. The molecule has 0 unspecified atom stereocenters. The second kappa shape index (κ2) is 4.12. The van der Waals surface area contributed by atoms with E-state index in [0.717, 1.165) is 24.1 Å². The van der Waals surface area contributed by atoms with Gasteiger partial charge in [-0.15, -0.1) is 0 Å². The fourth-order valence-electron chi connectivity index (χ4n) is 6.09. The van der Waals surface area contributed by atoms with Crippen molar-refractivity contribution in [3.05, 3.63) is 23.3 Å². The second-order valence-corrected chi connectivity index (χ2v) is 7.57. The summed E-state index contributed by atoms with van der Waals surface area (Å²) in [6, 6.07) is 3.64. The number of ether oxygens (including phenoxy) is 2. The molecule has 24 heavy (non-hydrogen) atoms. The Bertz CT molecular complexity index is 779. The lowest BCUT2D eigenvalue weighted by atomic mass is 9.51. The van der Waals surface area contributed by atoms with E-state index in [1.165, 1.54) is 7.11 Å². The van der Waals surface area contributed by atoms with Crippen LogP contribution in [-0.2, 0) is 14.9 Å². The Kier molecular flexibility index (Phi) is 2.52. The number of phenols is 1. The van der Waals surface area contributed by atoms with Gasteiger partial charge in [0.1, 0.15) is 0 Å². The number of likely N-dealkylation sites (tertiary alicyclic amines) is 1. The number of Topliss-reactive ketones (excluding diaryl/α,β-unsaturated/α-hetero) is 1. The maximum Gasteiger partial charge on any atom is 0.247 e. The van der Waals surface area contributed by atoms with Gasteiger partial charge in [0, 0.05) is 23.8 Å². The van der Waals surface area contributed by atoms with Crippen molar-refractivity contribution in [1.82, 2.24) is 4.90 Å². The smallest absolute Gasteiger partial charge is 0.247 e. The highest BCUT2D eigenvalue weighted by Crippen LogP contribution is 2.71. The summed E-state index contributed by atoms with van der Waals surface area (Å²) in [6.07, 6.45) is 1.84. The quantitative estimate of drug-likeness (QED) is 0.806. The first-order valence-electron chi connectivity index (χ1n) is 8.46. The Balaban J connectivity index is 1.89. The normalized spacial score (nSPS) is 42.8. The Hall–Kier alpha value is -1.63. The molecule has 4 aliphatic rings. The molecule has 128 valence electrons. The van der Waals surface area contributed by atoms with E-state index in [9.17, 15) is 15.0 Å². The molecular weight excluding hydrogens is 310 g/mol. The number of ketones is 1. The summed E-state index contributed by atoms with van der Waals surface area (Å²) in [6.45, 7) is 0.752. The van der Waals surface area contributed by atoms with Gasteiger partial charge in [-0.2, -0.15) is 0 Å². The molecule has 0 amide bonds. The van der Waals surface area contributed by atoms with Gasteiger partial charge < -0.3 is 19.7 Å². The number of carbonyl (C=O) groups excluding carboxylic acids is 1. The Morgan fingerprint density at radius 1 is 1.38 bits per heavy atom. The molecule has 3 fully saturated rings. The lowest BCUT2D eigenvalue weighted by Crippen LogP contribution is -2.72. The van der Waals surface area contributed by atoms with Gasteiger partial charge >= 0.3 is 0 Å². The summed E-state index contributed by atoms with van der Waals surface area (Å²) in [7, 11) is 3.48. The molecule has 0 aromatic heterocycles. The summed E-state index contributed by atoms with van der Waals surface area (Å²) in [5.74, 6) is -1.50. The third-order valence-corrected chi connectivity index (χ3v) is 7.05. The predicted molar refractivity (Wildman–Crippen MR) is 83.9 cm³/mol. The number of hydrogen-bond acceptors (Lipinski definition) is 6. The highest BCUT2D eigenvalue weighted by molar-refractivity contribution is 5.91. The molecule has 0 radical (unpaired) electrons. The largest absolute Gasteiger partial charge is 0.504 e. The van der Waals surface area contributed by atoms with Gasteiger partial charge in [-0.05, 0) is 38.1 Å². The summed E-state index contributed by atoms with van der Waals surface area (Å²) < 4.78 is 11.3. The molecule has 2 aliphatic carbocycles. The molecule has 2 N–H and O–H groups in total. The van der Waals surface area contributed by atoms with Crippen LogP contribution in [-0.4, -0.2) is 52.9 Å². The van der Waals surface area contributed by atoms with E-state index < -0.39 is 22.8 Å². The van der Waals surface area contributed by atoms with Crippen molar-refractivity contribution in [1.29, 1.82) is 0 Å². The maximum atomic E-state index is 12.7. The topological polar surface area (TPSA) is 79.2 Å². The van der Waals surface area contributed by atoms with Crippen LogP contribution in [0.2, 0.25) is 0 Å². The van der Waals surface area contributed by atoms with Crippen LogP contribution in [0.4, 0.5) is 0 Å². The fraction of sp³-hybridized carbons (Fsp3) is 0.611. The molecule has 1 saturated carbocycles. The van der Waals surface area contributed by atoms with Gasteiger partial charge in [-0.1, -0.05) is 6.07 Å². The Morgan fingerprint density at radius 3 is 2.92 bits per heavy atom. The minimum atomic E-state index is -1.81. The fourth-order valence-corrected chi connectivity index (χ4v) is 6.09. The highest BCUT2D eigenvalue weighted by atomic mass is 16.6. The molecule has 2 saturated heterocycles. The molecule has 1 spiro atoms. The molecule has 6 nitrogen and oxygen atoms in total. The van der Waals surface area contributed by atoms with Crippen LogP contribution in [0.3, 0.4) is 0 Å². The predicted octanol–water partition coefficient (Wildman–Crippen LogP) is 1.24. The molecule has 1 aromatic rings. The highest BCUT2D eigenvalue weighted by Gasteiger charge is 2.80. The lowest BCUT2D eigenvalue weighted by molar-refractivity contribution is -0.242. The standard InChI is InChI=1S/C18H21NO5/c1-19-8-7-16-6-5-13(20)18(22)17(16,19)9-12(24-18)10-3-4-11(23-2)15(21)14(10)16/h3-4,12,21-22H,5-9H2,1-2H3/t12-,16+,17-,18+/m0/s1. The van der Waals surface area contributed by atoms with E-state index in [-0.39, 0.29) is 18.0 Å². The number of fused-ring (bicyclic) bond motifs is 3. The number of methoxy groups -OCH3 is 1. The second-order valence-electron chi connectivity index (χ2n) is 7.57. The number of rotatable bonds is 1. The first kappa shape index (κ1) is 14.7. The van der Waals surface area contributed by atoms with Crippen molar-refractivity contribution in [2.45, 2.75) is 48.5 Å². The molecule has 1 aromatic carbocycles. The summed E-state index contributed by atoms with van der Waals surface area (Å²) in [5, 5.41) is 22.3. The molecule has 2 heterocycles. The van der Waals surface area contributed by atoms with Crippen LogP contribution < -0.4 is 4.74 Å². The molecule has 4 atom stereocenters. The SMILES string of the molecule is COc1ccc2c(c1O)[C@]13CCC(=O)[C@@]4(O)O[C@H]2C[C@]14N(C)CC3. The summed E-state index contributed by atoms with van der Waals surface area (Å²) in [5.41, 5.74) is 0.387. The van der Waals surface area contributed by atoms with E-state index in [1.54, 1.807) is 6.07 Å². The maximum absolute atomic E-state index is 12.7. The van der Waals surface area contributed by atoms with Crippen molar-refractivity contribution < 1.29 is 24.5 Å². The number of nitrogens with zero attached hydrogens (tertiary/aromatic N) is 1. The number of carbonyl (C=O) groups is 1. The van der Waals surface area contributed by atoms with Crippen LogP contribution >= 0.6 is 0 Å². The van der Waals surface area contributed by atoms with E-state index in [2.05, 4.69) is 4.90 Å². The zero-order valence-electron chi connectivity index (χ0n) is 13.8. The molecule has 2 bridgehead atoms. The van der Waals surface area contributed by atoms with Gasteiger partial charge in [0.2, 0.25) is 5.79 Å². The van der Waals surface area contributed by atoms with Gasteiger partial charge in [0.05, 0.1) is 18.8 Å². The average molecular weight is 331 g/mol. The van der Waals surface area contributed by atoms with Gasteiger partial charge in [-0.25, -0.2) is 0 Å². The van der Waals surface area contributed by atoms with Crippen LogP contribution in [0.5, 0.6) is 11.5 Å². The number of benzene rings is 1. The van der Waals surface area contributed by atoms with Crippen LogP contribution in [0.15, 0.2) is 12.1 Å². The zero-order valence-corrected chi connectivity index (χ0v) is 13.8. The minimum Gasteiger partial charge on any atom is -0.504 e. The van der Waals surface area contributed by atoms with Crippen molar-refractivity contribution in [3.63, 3.8) is 0 Å². The number of phenolic OH excluding ortho intramolecular Hbond substituents is 1. The monoisotopic (exact) mass is 331 g/mol. The van der Waals surface area contributed by atoms with Gasteiger partial charge in [0.25, 0.3) is 0 Å². The summed E-state index contributed by atoms with van der Waals surface area (Å²) >= 11 is 0. The van der Waals surface area contributed by atoms with Crippen molar-refractivity contribution in [2.75, 3.05) is 20.7 Å². The van der Waals surface area contributed by atoms with Crippen LogP contribution in [0.1, 0.15) is 42.9 Å². The number of aromatic hydroxyl groups is 1. The first-order valence-corrected chi connectivity index (χ1v) is 8.46. The molecule has 6 heteroatoms. The number of likely N-dealkylation sites (N-methyl/N-ethyl adjacent to an activating group) is 1. The Labute approximate surface area is 140 Å². The minimum absolute atomic E-state index is 0.126. The third-order valence-electron chi connectivity index (χ3n) is 7.05. The van der Waals surface area contributed by atoms with Crippen molar-refractivity contribution in [2.24, 2.45) is 0 Å². The number of aliphatic hydroxyl groups is 1. The van der Waals surface area contributed by atoms with E-state index in [0.29, 0.717) is 18.6 Å². The summed E-state index contributed by atoms with van der Waals surface area (Å²) in [4.78, 5) is 14.7. The van der Waals surface area contributed by atoms with Crippen molar-refractivity contribution >= 4 is 5.78 Å². The molecule has 2 aliphatic heterocycles. The number of hydrogen-bond donors (Lipinski definition) is 2. The van der Waals surface area contributed by atoms with Gasteiger partial charge in [-0.3, -0.25) is 9.69 Å². The van der Waals surface area contributed by atoms with Crippen LogP contribution in [0.25, 0.3) is 0 Å². The van der Waals surface area contributed by atoms with Crippen LogP contribution in [0, 0.1) is 0 Å².